The first kappa shape index (κ1) is 10.2. The molecule has 0 amide bonds. The van der Waals surface area contributed by atoms with Crippen molar-refractivity contribution in [1.82, 2.24) is 5.10 Å². The predicted octanol–water partition coefficient (Wildman–Crippen LogP) is -2.04. The summed E-state index contributed by atoms with van der Waals surface area (Å²) >= 11 is 0. The van der Waals surface area contributed by atoms with Gasteiger partial charge in [-0.3, -0.25) is 9.59 Å². The number of hydrogen-bond acceptors (Lipinski definition) is 4. The van der Waals surface area contributed by atoms with Crippen molar-refractivity contribution in [3.63, 3.8) is 0 Å². The minimum atomic E-state index is -1.19. The summed E-state index contributed by atoms with van der Waals surface area (Å²) in [6.07, 6.45) is 0.969. The Morgan fingerprint density at radius 1 is 1.79 bits per heavy atom. The lowest BCUT2D eigenvalue weighted by molar-refractivity contribution is -0.670. The van der Waals surface area contributed by atoms with Gasteiger partial charge in [-0.1, -0.05) is 4.85 Å². The minimum Gasteiger partial charge on any atom is -0.596 e. The fourth-order valence-electron chi connectivity index (χ4n) is 0.927. The van der Waals surface area contributed by atoms with Gasteiger partial charge in [0.05, 0.1) is 0 Å². The van der Waals surface area contributed by atoms with E-state index < -0.39 is 17.6 Å². The Bertz CT molecular complexity index is 400. The van der Waals surface area contributed by atoms with Crippen LogP contribution in [-0.4, -0.2) is 22.2 Å². The summed E-state index contributed by atoms with van der Waals surface area (Å²) in [5.41, 5.74) is 4.77. The average molecular weight is 199 g/mol. The Kier molecular flexibility index (Phi) is 2.82. The van der Waals surface area contributed by atoms with Crippen molar-refractivity contribution < 1.29 is 14.7 Å². The van der Waals surface area contributed by atoms with E-state index in [4.69, 9.17) is 10.8 Å². The zero-order valence-electron chi connectivity index (χ0n) is 7.14. The minimum absolute atomic E-state index is 0.106. The highest BCUT2D eigenvalue weighted by molar-refractivity contribution is 5.73. The third kappa shape index (κ3) is 2.30. The molecule has 0 fully saturated rings. The van der Waals surface area contributed by atoms with Crippen LogP contribution in [0.25, 0.3) is 0 Å². The van der Waals surface area contributed by atoms with E-state index in [9.17, 15) is 14.8 Å². The molecular weight excluding hydrogens is 190 g/mol. The number of rotatable bonds is 3. The quantitative estimate of drug-likeness (QED) is 0.382. The lowest BCUT2D eigenvalue weighted by Crippen LogP contribution is -2.40. The highest BCUT2D eigenvalue weighted by Gasteiger charge is 2.14. The van der Waals surface area contributed by atoms with Gasteiger partial charge in [-0.05, 0) is 0 Å². The Morgan fingerprint density at radius 3 is 2.93 bits per heavy atom. The molecule has 7 heteroatoms. The fraction of sp³-hybridized carbons (Fsp3) is 0.286. The van der Waals surface area contributed by atoms with E-state index in [1.807, 2.05) is 5.10 Å². The molecule has 1 aromatic rings. The summed E-state index contributed by atoms with van der Waals surface area (Å²) in [5.74, 6) is -1.19. The number of nitrogens with one attached hydrogen (secondary N) is 1. The summed E-state index contributed by atoms with van der Waals surface area (Å²) in [6, 6.07) is 0.104. The van der Waals surface area contributed by atoms with Crippen molar-refractivity contribution in [3.05, 3.63) is 33.4 Å². The van der Waals surface area contributed by atoms with E-state index >= 15 is 0 Å². The number of carboxylic acids is 1. The van der Waals surface area contributed by atoms with Crippen molar-refractivity contribution in [2.24, 2.45) is 5.73 Å². The lowest BCUT2D eigenvalue weighted by Gasteiger charge is -2.04. The van der Waals surface area contributed by atoms with E-state index in [1.54, 1.807) is 0 Å². The molecule has 0 spiro atoms. The number of aromatic nitrogens is 2. The van der Waals surface area contributed by atoms with Crippen molar-refractivity contribution in [1.29, 1.82) is 0 Å². The summed E-state index contributed by atoms with van der Waals surface area (Å²) in [6.45, 7) is 0. The van der Waals surface area contributed by atoms with Crippen LogP contribution in [0.1, 0.15) is 5.56 Å². The molecule has 14 heavy (non-hydrogen) atoms. The topological polar surface area (TPSA) is 123 Å². The number of nitrogens with zero attached hydrogens (tertiary/aromatic N) is 1. The molecule has 1 heterocycles. The van der Waals surface area contributed by atoms with Gasteiger partial charge in [-0.15, -0.1) is 5.10 Å². The predicted molar refractivity (Wildman–Crippen MR) is 45.3 cm³/mol. The normalized spacial score (nSPS) is 12.4. The second-order valence-electron chi connectivity index (χ2n) is 2.76. The monoisotopic (exact) mass is 199 g/mol. The summed E-state index contributed by atoms with van der Waals surface area (Å²) in [7, 11) is 0. The molecule has 0 aliphatic rings. The van der Waals surface area contributed by atoms with Gasteiger partial charge in [0.1, 0.15) is 6.04 Å². The smallest absolute Gasteiger partial charge is 0.320 e. The van der Waals surface area contributed by atoms with Gasteiger partial charge in [-0.2, -0.15) is 0 Å². The number of hydrogen-bond donors (Lipinski definition) is 3. The Labute approximate surface area is 78.3 Å². The number of aliphatic carboxylic acids is 1. The third-order valence-corrected chi connectivity index (χ3v) is 1.67. The van der Waals surface area contributed by atoms with Gasteiger partial charge in [0.2, 0.25) is 6.20 Å². The molecule has 0 aliphatic carbocycles. The molecule has 0 saturated carbocycles. The standard InChI is InChI=1S/C7H9N3O4/c8-5(7(12)13)3-4-1-2-10(14)9-6(4)11/h1-2,5H,3,8H2,(H,9,11)(H,12,13). The first-order chi connectivity index (χ1) is 6.50. The van der Waals surface area contributed by atoms with Crippen molar-refractivity contribution in [3.8, 4) is 0 Å². The van der Waals surface area contributed by atoms with Crippen LogP contribution < -0.4 is 16.1 Å². The molecule has 1 atom stereocenters. The van der Waals surface area contributed by atoms with Gasteiger partial charge in [-0.25, -0.2) is 0 Å². The number of aromatic amines is 1. The fourth-order valence-corrected chi connectivity index (χ4v) is 0.927. The molecule has 1 unspecified atom stereocenters. The Hall–Kier alpha value is -1.89. The molecule has 1 aromatic heterocycles. The number of carboxylic acid groups (broad SMARTS) is 1. The van der Waals surface area contributed by atoms with Crippen LogP contribution in [0.5, 0.6) is 0 Å². The van der Waals surface area contributed by atoms with Gasteiger partial charge >= 0.3 is 11.5 Å². The zero-order chi connectivity index (χ0) is 10.7. The second-order valence-corrected chi connectivity index (χ2v) is 2.76. The lowest BCUT2D eigenvalue weighted by atomic mass is 10.1. The van der Waals surface area contributed by atoms with Gasteiger partial charge in [0, 0.05) is 18.1 Å². The molecular formula is C7H9N3O4. The Balaban J connectivity index is 2.88. The van der Waals surface area contributed by atoms with Crippen LogP contribution in [-0.2, 0) is 11.2 Å². The first-order valence-electron chi connectivity index (χ1n) is 3.80. The van der Waals surface area contributed by atoms with Crippen LogP contribution in [0, 0.1) is 5.21 Å². The first-order valence-corrected chi connectivity index (χ1v) is 3.80. The number of nitrogens with two attached hydrogens (primary N) is 1. The van der Waals surface area contributed by atoms with Gasteiger partial charge < -0.3 is 16.0 Å². The van der Waals surface area contributed by atoms with Crippen molar-refractivity contribution in [2.75, 3.05) is 0 Å². The highest BCUT2D eigenvalue weighted by Crippen LogP contribution is 1.93. The third-order valence-electron chi connectivity index (χ3n) is 1.67. The maximum atomic E-state index is 11.1. The molecule has 0 aliphatic heterocycles. The second kappa shape index (κ2) is 3.88. The number of H-pyrrole nitrogens is 1. The van der Waals surface area contributed by atoms with E-state index in [0.717, 1.165) is 6.20 Å². The van der Waals surface area contributed by atoms with E-state index in [-0.39, 0.29) is 16.8 Å². The van der Waals surface area contributed by atoms with E-state index in [0.29, 0.717) is 0 Å². The molecule has 0 aromatic carbocycles. The van der Waals surface area contributed by atoms with Crippen LogP contribution >= 0.6 is 0 Å². The number of carbonyl (C=O) groups is 1. The van der Waals surface area contributed by atoms with Gasteiger partial charge in [0.25, 0.3) is 0 Å². The van der Waals surface area contributed by atoms with E-state index in [2.05, 4.69) is 0 Å². The zero-order valence-corrected chi connectivity index (χ0v) is 7.14. The maximum Gasteiger partial charge on any atom is 0.320 e. The van der Waals surface area contributed by atoms with Crippen molar-refractivity contribution >= 4 is 5.97 Å². The van der Waals surface area contributed by atoms with Gasteiger partial charge in [0.15, 0.2) is 0 Å². The maximum absolute atomic E-state index is 11.1. The molecule has 0 saturated heterocycles. The largest absolute Gasteiger partial charge is 0.596 e. The van der Waals surface area contributed by atoms with Crippen molar-refractivity contribution in [2.45, 2.75) is 12.5 Å². The molecule has 1 rings (SSSR count). The molecule has 7 nitrogen and oxygen atoms in total. The average Bonchev–Trinajstić information content (AvgIpc) is 2.09. The summed E-state index contributed by atoms with van der Waals surface area (Å²) in [4.78, 5) is 21.7. The molecule has 76 valence electrons. The summed E-state index contributed by atoms with van der Waals surface area (Å²) < 4.78 is 0. The van der Waals surface area contributed by atoms with Crippen LogP contribution in [0.15, 0.2) is 17.1 Å². The van der Waals surface area contributed by atoms with E-state index in [1.165, 1.54) is 6.07 Å². The van der Waals surface area contributed by atoms with Crippen LogP contribution in [0.2, 0.25) is 0 Å². The summed E-state index contributed by atoms with van der Waals surface area (Å²) in [5, 5.41) is 21.0. The molecule has 0 bridgehead atoms. The molecule has 4 N–H and O–H groups in total. The highest BCUT2D eigenvalue weighted by atomic mass is 16.5. The van der Waals surface area contributed by atoms with Crippen LogP contribution in [0.3, 0.4) is 0 Å². The van der Waals surface area contributed by atoms with Crippen LogP contribution in [0.4, 0.5) is 0 Å². The SMILES string of the molecule is NC(Cc1cc[n+]([O-])[nH]c1=O)C(=O)O. The Morgan fingerprint density at radius 2 is 2.43 bits per heavy atom. The molecule has 0 radical (unpaired) electrons.